The minimum absolute atomic E-state index is 0.547. The molecule has 0 amide bonds. The van der Waals surface area contributed by atoms with E-state index in [1.165, 1.54) is 0 Å². The number of hydrogen-bond acceptors (Lipinski definition) is 4. The summed E-state index contributed by atoms with van der Waals surface area (Å²) in [5.74, 6) is 0.845. The van der Waals surface area contributed by atoms with Crippen molar-refractivity contribution in [1.29, 1.82) is 0 Å². The minimum Gasteiger partial charge on any atom is -0.467 e. The number of rotatable bonds is 0. The second kappa shape index (κ2) is 1.66. The Hall–Kier alpha value is -1.16. The van der Waals surface area contributed by atoms with E-state index in [2.05, 4.69) is 5.48 Å². The van der Waals surface area contributed by atoms with Crippen LogP contribution in [0, 0.1) is 0 Å². The molecule has 0 radical (unpaired) electrons. The Morgan fingerprint density at radius 1 is 1.67 bits per heavy atom. The zero-order chi connectivity index (χ0) is 6.10. The summed E-state index contributed by atoms with van der Waals surface area (Å²) in [5.41, 5.74) is 2.67. The first-order valence-electron chi connectivity index (χ1n) is 2.63. The van der Waals surface area contributed by atoms with Gasteiger partial charge in [0.1, 0.15) is 12.5 Å². The van der Waals surface area contributed by atoms with Crippen LogP contribution in [0.5, 0.6) is 0 Å². The number of hydrogen-bond donors (Lipinski definition) is 1. The highest BCUT2D eigenvalue weighted by Crippen LogP contribution is 2.12. The van der Waals surface area contributed by atoms with Crippen LogP contribution in [0.3, 0.4) is 0 Å². The normalized spacial score (nSPS) is 22.2. The molecule has 0 spiro atoms. The largest absolute Gasteiger partial charge is 0.467 e. The standard InChI is InChI=1S/C5H6N2O2/c1-2-8-3-5-6-9-4-7(1)5/h1-3,6H,4H2. The van der Waals surface area contributed by atoms with Gasteiger partial charge in [-0.05, 0) is 0 Å². The highest BCUT2D eigenvalue weighted by molar-refractivity contribution is 5.03. The third-order valence-corrected chi connectivity index (χ3v) is 1.19. The van der Waals surface area contributed by atoms with Crippen molar-refractivity contribution < 1.29 is 9.57 Å². The van der Waals surface area contributed by atoms with E-state index >= 15 is 0 Å². The van der Waals surface area contributed by atoms with E-state index in [9.17, 15) is 0 Å². The van der Waals surface area contributed by atoms with Crippen LogP contribution in [0.2, 0.25) is 0 Å². The van der Waals surface area contributed by atoms with Gasteiger partial charge in [0.15, 0.2) is 12.6 Å². The number of nitrogens with one attached hydrogen (secondary N) is 1. The van der Waals surface area contributed by atoms with Gasteiger partial charge in [-0.15, -0.1) is 0 Å². The highest BCUT2D eigenvalue weighted by atomic mass is 16.7. The topological polar surface area (TPSA) is 33.7 Å². The molecule has 0 aliphatic carbocycles. The molecule has 0 unspecified atom stereocenters. The molecule has 4 heteroatoms. The van der Waals surface area contributed by atoms with Crippen LogP contribution >= 0.6 is 0 Å². The molecular weight excluding hydrogens is 120 g/mol. The van der Waals surface area contributed by atoms with Gasteiger partial charge in [-0.3, -0.25) is 4.84 Å². The quantitative estimate of drug-likeness (QED) is 0.498. The monoisotopic (exact) mass is 126 g/mol. The van der Waals surface area contributed by atoms with Gasteiger partial charge in [0.2, 0.25) is 0 Å². The fraction of sp³-hybridized carbons (Fsp3) is 0.200. The summed E-state index contributed by atoms with van der Waals surface area (Å²) in [6.07, 6.45) is 4.99. The van der Waals surface area contributed by atoms with Gasteiger partial charge < -0.3 is 9.64 Å². The molecular formula is C5H6N2O2. The lowest BCUT2D eigenvalue weighted by Crippen LogP contribution is -2.15. The van der Waals surface area contributed by atoms with Crippen molar-refractivity contribution in [2.75, 3.05) is 6.73 Å². The van der Waals surface area contributed by atoms with Crippen LogP contribution in [-0.4, -0.2) is 11.6 Å². The fourth-order valence-electron chi connectivity index (χ4n) is 0.731. The van der Waals surface area contributed by atoms with Crippen LogP contribution in [0.25, 0.3) is 0 Å². The second-order valence-electron chi connectivity index (χ2n) is 1.77. The summed E-state index contributed by atoms with van der Waals surface area (Å²) < 4.78 is 4.86. The molecule has 0 aromatic heterocycles. The van der Waals surface area contributed by atoms with Crippen LogP contribution in [0.1, 0.15) is 0 Å². The Morgan fingerprint density at radius 3 is 3.56 bits per heavy atom. The zero-order valence-corrected chi connectivity index (χ0v) is 4.70. The minimum atomic E-state index is 0.547. The average Bonchev–Trinajstić information content (AvgIpc) is 2.33. The zero-order valence-electron chi connectivity index (χ0n) is 4.70. The Labute approximate surface area is 52.3 Å². The van der Waals surface area contributed by atoms with Gasteiger partial charge in [0.05, 0.1) is 0 Å². The van der Waals surface area contributed by atoms with E-state index in [0.29, 0.717) is 6.73 Å². The maximum Gasteiger partial charge on any atom is 0.168 e. The summed E-state index contributed by atoms with van der Waals surface area (Å²) in [6, 6.07) is 0. The average molecular weight is 126 g/mol. The van der Waals surface area contributed by atoms with Crippen molar-refractivity contribution in [3.8, 4) is 0 Å². The maximum absolute atomic E-state index is 4.87. The molecule has 4 nitrogen and oxygen atoms in total. The van der Waals surface area contributed by atoms with Crippen molar-refractivity contribution in [2.24, 2.45) is 0 Å². The van der Waals surface area contributed by atoms with Crippen LogP contribution in [-0.2, 0) is 9.57 Å². The molecule has 2 rings (SSSR count). The lowest BCUT2D eigenvalue weighted by molar-refractivity contribution is 0.0896. The predicted molar refractivity (Wildman–Crippen MR) is 29.2 cm³/mol. The van der Waals surface area contributed by atoms with Gasteiger partial charge in [0.25, 0.3) is 0 Å². The lowest BCUT2D eigenvalue weighted by atomic mass is 10.6. The van der Waals surface area contributed by atoms with E-state index in [4.69, 9.17) is 9.57 Å². The van der Waals surface area contributed by atoms with Crippen molar-refractivity contribution >= 4 is 0 Å². The number of ether oxygens (including phenoxy) is 1. The predicted octanol–water partition coefficient (Wildman–Crippen LogP) is 0.0810. The molecule has 1 fully saturated rings. The van der Waals surface area contributed by atoms with Crippen LogP contribution in [0.15, 0.2) is 24.5 Å². The number of fused-ring (bicyclic) bond motifs is 1. The summed E-state index contributed by atoms with van der Waals surface area (Å²) in [7, 11) is 0. The molecule has 2 aliphatic rings. The molecule has 48 valence electrons. The Bertz CT molecular complexity index is 176. The van der Waals surface area contributed by atoms with Gasteiger partial charge in [-0.1, -0.05) is 0 Å². The molecule has 2 heterocycles. The first-order chi connectivity index (χ1) is 4.47. The highest BCUT2D eigenvalue weighted by Gasteiger charge is 2.16. The van der Waals surface area contributed by atoms with E-state index in [-0.39, 0.29) is 0 Å². The van der Waals surface area contributed by atoms with E-state index < -0.39 is 0 Å². The van der Waals surface area contributed by atoms with Gasteiger partial charge >= 0.3 is 0 Å². The molecule has 0 aromatic carbocycles. The lowest BCUT2D eigenvalue weighted by Gasteiger charge is -2.12. The van der Waals surface area contributed by atoms with E-state index in [1.807, 2.05) is 4.90 Å². The van der Waals surface area contributed by atoms with Crippen LogP contribution in [0.4, 0.5) is 0 Å². The van der Waals surface area contributed by atoms with E-state index in [1.54, 1.807) is 18.7 Å². The number of hydroxylamine groups is 1. The molecule has 0 aromatic rings. The van der Waals surface area contributed by atoms with Crippen molar-refractivity contribution in [3.63, 3.8) is 0 Å². The third kappa shape index (κ3) is 0.639. The summed E-state index contributed by atoms with van der Waals surface area (Å²) >= 11 is 0. The third-order valence-electron chi connectivity index (χ3n) is 1.19. The Balaban J connectivity index is 2.22. The summed E-state index contributed by atoms with van der Waals surface area (Å²) in [4.78, 5) is 6.76. The number of nitrogens with zero attached hydrogens (tertiary/aromatic N) is 1. The smallest absolute Gasteiger partial charge is 0.168 e. The summed E-state index contributed by atoms with van der Waals surface area (Å²) in [6.45, 7) is 0.547. The Kier molecular flexibility index (Phi) is 0.868. The van der Waals surface area contributed by atoms with Gasteiger partial charge in [-0.25, -0.2) is 5.48 Å². The first kappa shape index (κ1) is 4.69. The molecule has 9 heavy (non-hydrogen) atoms. The second-order valence-corrected chi connectivity index (χ2v) is 1.77. The SMILES string of the molecule is C1=CN2CONC2=CO1. The summed E-state index contributed by atoms with van der Waals surface area (Å²) in [5, 5.41) is 0. The molecule has 0 atom stereocenters. The van der Waals surface area contributed by atoms with E-state index in [0.717, 1.165) is 5.82 Å². The van der Waals surface area contributed by atoms with Gasteiger partial charge in [-0.2, -0.15) is 0 Å². The molecule has 1 N–H and O–H groups in total. The maximum atomic E-state index is 4.87. The molecule has 2 aliphatic heterocycles. The molecule has 0 bridgehead atoms. The first-order valence-corrected chi connectivity index (χ1v) is 2.63. The fourth-order valence-corrected chi connectivity index (χ4v) is 0.731. The Morgan fingerprint density at radius 2 is 2.67 bits per heavy atom. The van der Waals surface area contributed by atoms with Gasteiger partial charge in [0, 0.05) is 6.20 Å². The van der Waals surface area contributed by atoms with Crippen LogP contribution < -0.4 is 5.48 Å². The molecule has 1 saturated heterocycles. The van der Waals surface area contributed by atoms with Crippen molar-refractivity contribution in [2.45, 2.75) is 0 Å². The van der Waals surface area contributed by atoms with Crippen molar-refractivity contribution in [3.05, 3.63) is 24.5 Å². The van der Waals surface area contributed by atoms with Crippen molar-refractivity contribution in [1.82, 2.24) is 10.4 Å². The molecule has 0 saturated carbocycles.